The van der Waals surface area contributed by atoms with E-state index in [2.05, 4.69) is 10.3 Å². The molecule has 0 fully saturated rings. The number of amides is 1. The summed E-state index contributed by atoms with van der Waals surface area (Å²) in [6.45, 7) is 2.69. The van der Waals surface area contributed by atoms with Gasteiger partial charge in [-0.25, -0.2) is 4.98 Å². The smallest absolute Gasteiger partial charge is 0.221 e. The highest BCUT2D eigenvalue weighted by Gasteiger charge is 2.00. The highest BCUT2D eigenvalue weighted by atomic mass is 35.5. The first-order chi connectivity index (χ1) is 7.22. The fraction of sp³-hybridized carbons (Fsp3) is 0.600. The molecule has 0 aliphatic heterocycles. The highest BCUT2D eigenvalue weighted by Crippen LogP contribution is 2.10. The fourth-order valence-corrected chi connectivity index (χ4v) is 2.15. The molecule has 0 aliphatic carbocycles. The van der Waals surface area contributed by atoms with Crippen LogP contribution in [-0.2, 0) is 11.2 Å². The summed E-state index contributed by atoms with van der Waals surface area (Å²) in [7, 11) is 0. The maximum atomic E-state index is 11.0. The average Bonchev–Trinajstić information content (AvgIpc) is 2.60. The number of carbonyl (C=O) groups excluding carboxylic acids is 1. The molecular formula is C10H15ClN2OS. The van der Waals surface area contributed by atoms with Crippen LogP contribution in [0.25, 0.3) is 0 Å². The van der Waals surface area contributed by atoms with Gasteiger partial charge in [0.1, 0.15) is 0 Å². The van der Waals surface area contributed by atoms with Gasteiger partial charge >= 0.3 is 0 Å². The van der Waals surface area contributed by atoms with Gasteiger partial charge in [0.15, 0.2) is 0 Å². The van der Waals surface area contributed by atoms with Gasteiger partial charge in [-0.3, -0.25) is 4.79 Å². The molecule has 0 saturated heterocycles. The molecule has 0 saturated carbocycles. The Kier molecular flexibility index (Phi) is 5.65. The van der Waals surface area contributed by atoms with Crippen molar-refractivity contribution in [3.63, 3.8) is 0 Å². The zero-order valence-electron chi connectivity index (χ0n) is 8.75. The Morgan fingerprint density at radius 3 is 3.07 bits per heavy atom. The zero-order valence-corrected chi connectivity index (χ0v) is 10.3. The van der Waals surface area contributed by atoms with Crippen molar-refractivity contribution in [2.45, 2.75) is 26.2 Å². The molecule has 15 heavy (non-hydrogen) atoms. The second kappa shape index (κ2) is 6.80. The molecule has 1 heterocycles. The number of halogens is 1. The molecular weight excluding hydrogens is 232 g/mol. The molecule has 1 amide bonds. The lowest BCUT2D eigenvalue weighted by molar-refractivity contribution is -0.120. The molecule has 0 radical (unpaired) electrons. The number of carbonyl (C=O) groups is 1. The van der Waals surface area contributed by atoms with Crippen LogP contribution in [0.15, 0.2) is 5.38 Å². The Labute approximate surface area is 98.9 Å². The predicted octanol–water partition coefficient (Wildman–Crippen LogP) is 2.13. The average molecular weight is 247 g/mol. The number of rotatable bonds is 6. The van der Waals surface area contributed by atoms with E-state index in [9.17, 15) is 4.79 Å². The lowest BCUT2D eigenvalue weighted by Gasteiger charge is -2.02. The van der Waals surface area contributed by atoms with Crippen molar-refractivity contribution in [2.75, 3.05) is 12.4 Å². The number of aryl methyl sites for hydroxylation is 2. The molecule has 0 aromatic carbocycles. The minimum atomic E-state index is 0.0281. The second-order valence-electron chi connectivity index (χ2n) is 3.28. The van der Waals surface area contributed by atoms with E-state index >= 15 is 0 Å². The van der Waals surface area contributed by atoms with Crippen LogP contribution in [0.5, 0.6) is 0 Å². The van der Waals surface area contributed by atoms with Gasteiger partial charge in [-0.05, 0) is 13.3 Å². The summed E-state index contributed by atoms with van der Waals surface area (Å²) in [5.41, 5.74) is 1.07. The van der Waals surface area contributed by atoms with Crippen LogP contribution in [0.1, 0.15) is 23.5 Å². The summed E-state index contributed by atoms with van der Waals surface area (Å²) in [5.74, 6) is 0.414. The van der Waals surface area contributed by atoms with Gasteiger partial charge in [-0.15, -0.1) is 22.9 Å². The fourth-order valence-electron chi connectivity index (χ4n) is 1.16. The van der Waals surface area contributed by atoms with Crippen molar-refractivity contribution in [1.82, 2.24) is 10.3 Å². The number of thiazole rings is 1. The van der Waals surface area contributed by atoms with Gasteiger partial charge in [0, 0.05) is 36.3 Å². The van der Waals surface area contributed by atoms with Gasteiger partial charge in [-0.2, -0.15) is 0 Å². The quantitative estimate of drug-likeness (QED) is 0.617. The third-order valence-corrected chi connectivity index (χ3v) is 3.09. The first-order valence-corrected chi connectivity index (χ1v) is 6.37. The molecule has 0 bridgehead atoms. The number of alkyl halides is 1. The van der Waals surface area contributed by atoms with Crippen LogP contribution < -0.4 is 5.32 Å². The molecule has 0 unspecified atom stereocenters. The Morgan fingerprint density at radius 1 is 1.67 bits per heavy atom. The summed E-state index contributed by atoms with van der Waals surface area (Å²) in [5, 5.41) is 6.00. The first-order valence-electron chi connectivity index (χ1n) is 4.96. The van der Waals surface area contributed by atoms with Crippen LogP contribution in [0.3, 0.4) is 0 Å². The predicted molar refractivity (Wildman–Crippen MR) is 63.5 cm³/mol. The number of hydrogen-bond donors (Lipinski definition) is 1. The van der Waals surface area contributed by atoms with Crippen LogP contribution in [-0.4, -0.2) is 23.3 Å². The minimum Gasteiger partial charge on any atom is -0.356 e. The van der Waals surface area contributed by atoms with Crippen LogP contribution in [0.4, 0.5) is 0 Å². The SMILES string of the molecule is Cc1csc(CCCNC(=O)CCCl)n1. The maximum Gasteiger partial charge on any atom is 0.221 e. The molecule has 0 spiro atoms. The van der Waals surface area contributed by atoms with Crippen molar-refractivity contribution in [3.8, 4) is 0 Å². The van der Waals surface area contributed by atoms with E-state index in [-0.39, 0.29) is 5.91 Å². The molecule has 1 rings (SSSR count). The molecule has 1 aromatic heterocycles. The Balaban J connectivity index is 2.09. The Hall–Kier alpha value is -0.610. The van der Waals surface area contributed by atoms with Crippen molar-refractivity contribution in [1.29, 1.82) is 0 Å². The molecule has 84 valence electrons. The summed E-state index contributed by atoms with van der Waals surface area (Å²) in [6.07, 6.45) is 2.26. The van der Waals surface area contributed by atoms with Crippen molar-refractivity contribution >= 4 is 28.8 Å². The number of hydrogen-bond acceptors (Lipinski definition) is 3. The van der Waals surface area contributed by atoms with Crippen LogP contribution in [0, 0.1) is 6.92 Å². The molecule has 3 nitrogen and oxygen atoms in total. The van der Waals surface area contributed by atoms with E-state index in [1.54, 1.807) is 11.3 Å². The lowest BCUT2D eigenvalue weighted by Crippen LogP contribution is -2.24. The van der Waals surface area contributed by atoms with E-state index in [1.165, 1.54) is 0 Å². The normalized spacial score (nSPS) is 10.3. The standard InChI is InChI=1S/C10H15ClN2OS/c1-8-7-15-10(13-8)3-2-6-12-9(14)4-5-11/h7H,2-6H2,1H3,(H,12,14). The van der Waals surface area contributed by atoms with Crippen molar-refractivity contribution in [3.05, 3.63) is 16.1 Å². The van der Waals surface area contributed by atoms with E-state index in [4.69, 9.17) is 11.6 Å². The van der Waals surface area contributed by atoms with E-state index in [0.717, 1.165) is 23.5 Å². The maximum absolute atomic E-state index is 11.0. The number of nitrogens with one attached hydrogen (secondary N) is 1. The zero-order chi connectivity index (χ0) is 11.1. The van der Waals surface area contributed by atoms with Gasteiger partial charge in [0.25, 0.3) is 0 Å². The van der Waals surface area contributed by atoms with E-state index in [0.29, 0.717) is 18.8 Å². The largest absolute Gasteiger partial charge is 0.356 e. The van der Waals surface area contributed by atoms with E-state index < -0.39 is 0 Å². The van der Waals surface area contributed by atoms with Crippen LogP contribution >= 0.6 is 22.9 Å². The van der Waals surface area contributed by atoms with Crippen molar-refractivity contribution in [2.24, 2.45) is 0 Å². The topological polar surface area (TPSA) is 42.0 Å². The second-order valence-corrected chi connectivity index (χ2v) is 4.60. The highest BCUT2D eigenvalue weighted by molar-refractivity contribution is 7.09. The van der Waals surface area contributed by atoms with Crippen LogP contribution in [0.2, 0.25) is 0 Å². The third-order valence-electron chi connectivity index (χ3n) is 1.88. The monoisotopic (exact) mass is 246 g/mol. The summed E-state index contributed by atoms with van der Waals surface area (Å²) in [6, 6.07) is 0. The molecule has 0 aliphatic rings. The molecule has 0 atom stereocenters. The van der Waals surface area contributed by atoms with Crippen molar-refractivity contribution < 1.29 is 4.79 Å². The summed E-state index contributed by atoms with van der Waals surface area (Å²) in [4.78, 5) is 15.4. The number of aromatic nitrogens is 1. The minimum absolute atomic E-state index is 0.0281. The lowest BCUT2D eigenvalue weighted by atomic mass is 10.3. The third kappa shape index (κ3) is 5.14. The Morgan fingerprint density at radius 2 is 2.47 bits per heavy atom. The molecule has 1 N–H and O–H groups in total. The van der Waals surface area contributed by atoms with E-state index in [1.807, 2.05) is 12.3 Å². The Bertz CT molecular complexity index is 314. The molecule has 1 aromatic rings. The number of nitrogens with zero attached hydrogens (tertiary/aromatic N) is 1. The summed E-state index contributed by atoms with van der Waals surface area (Å²) < 4.78 is 0. The summed E-state index contributed by atoms with van der Waals surface area (Å²) >= 11 is 7.11. The van der Waals surface area contributed by atoms with Gasteiger partial charge in [0.05, 0.1) is 5.01 Å². The molecule has 5 heteroatoms. The van der Waals surface area contributed by atoms with Gasteiger partial charge < -0.3 is 5.32 Å². The van der Waals surface area contributed by atoms with Gasteiger partial charge in [-0.1, -0.05) is 0 Å². The van der Waals surface area contributed by atoms with Gasteiger partial charge in [0.2, 0.25) is 5.91 Å². The first kappa shape index (κ1) is 12.5.